The molecule has 0 N–H and O–H groups in total. The van der Waals surface area contributed by atoms with Crippen molar-refractivity contribution in [3.63, 3.8) is 0 Å². The van der Waals surface area contributed by atoms with Crippen LogP contribution >= 0.6 is 11.3 Å². The van der Waals surface area contributed by atoms with E-state index in [4.69, 9.17) is 4.74 Å². The molecule has 0 unspecified atom stereocenters. The molecule has 0 aliphatic carbocycles. The van der Waals surface area contributed by atoms with Gasteiger partial charge in [-0.3, -0.25) is 9.88 Å². The molecule has 3 nitrogen and oxygen atoms in total. The molecule has 0 aromatic carbocycles. The SMILES string of the molecule is CCOC[C@]1(CCc2cccs2)CCN(Cc2cccnc2C)C1. The molecule has 2 aromatic rings. The van der Waals surface area contributed by atoms with Crippen molar-refractivity contribution in [3.8, 4) is 0 Å². The summed E-state index contributed by atoms with van der Waals surface area (Å²) in [5.74, 6) is 0. The Morgan fingerprint density at radius 3 is 3.00 bits per heavy atom. The van der Waals surface area contributed by atoms with Crippen molar-refractivity contribution in [2.75, 3.05) is 26.3 Å². The summed E-state index contributed by atoms with van der Waals surface area (Å²) in [4.78, 5) is 8.50. The van der Waals surface area contributed by atoms with Crippen LogP contribution in [0.5, 0.6) is 0 Å². The number of likely N-dealkylation sites (tertiary alicyclic amines) is 1. The van der Waals surface area contributed by atoms with Crippen LogP contribution in [0.25, 0.3) is 0 Å². The van der Waals surface area contributed by atoms with E-state index in [1.165, 1.54) is 29.7 Å². The van der Waals surface area contributed by atoms with Gasteiger partial charge < -0.3 is 4.74 Å². The second kappa shape index (κ2) is 8.24. The molecule has 0 bridgehead atoms. The first-order valence-electron chi connectivity index (χ1n) is 8.94. The maximum atomic E-state index is 5.88. The third-order valence-corrected chi connectivity index (χ3v) is 6.06. The van der Waals surface area contributed by atoms with Crippen LogP contribution in [0.1, 0.15) is 35.9 Å². The maximum absolute atomic E-state index is 5.88. The number of hydrogen-bond donors (Lipinski definition) is 0. The Morgan fingerprint density at radius 2 is 2.25 bits per heavy atom. The molecular weight excluding hydrogens is 316 g/mol. The summed E-state index contributed by atoms with van der Waals surface area (Å²) in [5, 5.41) is 2.18. The number of aromatic nitrogens is 1. The van der Waals surface area contributed by atoms with Crippen molar-refractivity contribution >= 4 is 11.3 Å². The predicted octanol–water partition coefficient (Wildman–Crippen LogP) is 4.31. The van der Waals surface area contributed by atoms with E-state index in [2.05, 4.69) is 47.3 Å². The molecule has 0 saturated carbocycles. The van der Waals surface area contributed by atoms with Gasteiger partial charge in [0.15, 0.2) is 0 Å². The lowest BCUT2D eigenvalue weighted by atomic mass is 9.83. The zero-order chi connectivity index (χ0) is 16.8. The smallest absolute Gasteiger partial charge is 0.0535 e. The average Bonchev–Trinajstić information content (AvgIpc) is 3.24. The van der Waals surface area contributed by atoms with Gasteiger partial charge in [-0.25, -0.2) is 0 Å². The summed E-state index contributed by atoms with van der Waals surface area (Å²) >= 11 is 1.87. The largest absolute Gasteiger partial charge is 0.381 e. The quantitative estimate of drug-likeness (QED) is 0.713. The van der Waals surface area contributed by atoms with Gasteiger partial charge in [0.05, 0.1) is 6.61 Å². The lowest BCUT2D eigenvalue weighted by molar-refractivity contribution is 0.0490. The molecule has 24 heavy (non-hydrogen) atoms. The molecule has 0 radical (unpaired) electrons. The molecule has 4 heteroatoms. The van der Waals surface area contributed by atoms with E-state index in [0.29, 0.717) is 5.41 Å². The van der Waals surface area contributed by atoms with Crippen LogP contribution in [0.4, 0.5) is 0 Å². The molecule has 130 valence electrons. The maximum Gasteiger partial charge on any atom is 0.0535 e. The zero-order valence-electron chi connectivity index (χ0n) is 14.8. The number of thiophene rings is 1. The molecule has 1 saturated heterocycles. The van der Waals surface area contributed by atoms with Gasteiger partial charge >= 0.3 is 0 Å². The van der Waals surface area contributed by atoms with Crippen LogP contribution in [-0.2, 0) is 17.7 Å². The Kier molecular flexibility index (Phi) is 6.04. The molecule has 1 fully saturated rings. The molecular formula is C20H28N2OS. The lowest BCUT2D eigenvalue weighted by Crippen LogP contribution is -2.32. The second-order valence-electron chi connectivity index (χ2n) is 6.93. The summed E-state index contributed by atoms with van der Waals surface area (Å²) in [6.45, 7) is 9.19. The van der Waals surface area contributed by atoms with Gasteiger partial charge in [0.2, 0.25) is 0 Å². The molecule has 2 aromatic heterocycles. The van der Waals surface area contributed by atoms with E-state index in [1.807, 2.05) is 23.6 Å². The first kappa shape index (κ1) is 17.6. The van der Waals surface area contributed by atoms with Crippen molar-refractivity contribution in [3.05, 3.63) is 52.0 Å². The summed E-state index contributed by atoms with van der Waals surface area (Å²) in [6.07, 6.45) is 5.50. The van der Waals surface area contributed by atoms with Gasteiger partial charge in [0, 0.05) is 41.9 Å². The summed E-state index contributed by atoms with van der Waals surface area (Å²) in [5.41, 5.74) is 2.80. The van der Waals surface area contributed by atoms with Crippen LogP contribution in [0.3, 0.4) is 0 Å². The highest BCUT2D eigenvalue weighted by Crippen LogP contribution is 2.37. The number of ether oxygens (including phenoxy) is 1. The Hall–Kier alpha value is -1.23. The van der Waals surface area contributed by atoms with Crippen molar-refractivity contribution in [2.24, 2.45) is 5.41 Å². The highest BCUT2D eigenvalue weighted by molar-refractivity contribution is 7.09. The minimum Gasteiger partial charge on any atom is -0.381 e. The molecule has 0 spiro atoms. The number of hydrogen-bond acceptors (Lipinski definition) is 4. The number of aryl methyl sites for hydroxylation is 2. The topological polar surface area (TPSA) is 25.4 Å². The van der Waals surface area contributed by atoms with Crippen molar-refractivity contribution in [1.82, 2.24) is 9.88 Å². The summed E-state index contributed by atoms with van der Waals surface area (Å²) in [6, 6.07) is 8.66. The standard InChI is InChI=1S/C20H28N2OS/c1-3-23-16-20(9-8-19-7-5-13-24-19)10-12-22(15-20)14-18-6-4-11-21-17(18)2/h4-7,11,13H,3,8-10,12,14-16H2,1-2H3/t20-/m1/s1. The lowest BCUT2D eigenvalue weighted by Gasteiger charge is -2.29. The molecule has 1 aliphatic rings. The third kappa shape index (κ3) is 4.44. The Labute approximate surface area is 149 Å². The van der Waals surface area contributed by atoms with Gasteiger partial charge in [-0.15, -0.1) is 11.3 Å². The molecule has 1 atom stereocenters. The number of rotatable bonds is 8. The third-order valence-electron chi connectivity index (χ3n) is 5.12. The van der Waals surface area contributed by atoms with Crippen molar-refractivity contribution in [1.29, 1.82) is 0 Å². The molecule has 3 heterocycles. The van der Waals surface area contributed by atoms with Gasteiger partial charge in [-0.2, -0.15) is 0 Å². The van der Waals surface area contributed by atoms with Crippen molar-refractivity contribution in [2.45, 2.75) is 39.7 Å². The Bertz CT molecular complexity index is 628. The summed E-state index contributed by atoms with van der Waals surface area (Å²) < 4.78 is 5.88. The fraction of sp³-hybridized carbons (Fsp3) is 0.550. The number of nitrogens with zero attached hydrogens (tertiary/aromatic N) is 2. The van der Waals surface area contributed by atoms with Gasteiger partial charge in [-0.05, 0) is 62.7 Å². The monoisotopic (exact) mass is 344 g/mol. The van der Waals surface area contributed by atoms with Crippen LogP contribution < -0.4 is 0 Å². The van der Waals surface area contributed by atoms with Gasteiger partial charge in [0.25, 0.3) is 0 Å². The van der Waals surface area contributed by atoms with E-state index in [-0.39, 0.29) is 0 Å². The van der Waals surface area contributed by atoms with E-state index < -0.39 is 0 Å². The van der Waals surface area contributed by atoms with Crippen LogP contribution in [0, 0.1) is 12.3 Å². The van der Waals surface area contributed by atoms with E-state index in [1.54, 1.807) is 0 Å². The fourth-order valence-electron chi connectivity index (χ4n) is 3.64. The van der Waals surface area contributed by atoms with E-state index in [9.17, 15) is 0 Å². The minimum absolute atomic E-state index is 0.302. The summed E-state index contributed by atoms with van der Waals surface area (Å²) in [7, 11) is 0. The van der Waals surface area contributed by atoms with Gasteiger partial charge in [0.1, 0.15) is 0 Å². The Balaban J connectivity index is 1.63. The zero-order valence-corrected chi connectivity index (χ0v) is 15.6. The van der Waals surface area contributed by atoms with Crippen molar-refractivity contribution < 1.29 is 4.74 Å². The molecule has 0 amide bonds. The van der Waals surface area contributed by atoms with Gasteiger partial charge in [-0.1, -0.05) is 12.1 Å². The van der Waals surface area contributed by atoms with E-state index in [0.717, 1.165) is 38.5 Å². The van der Waals surface area contributed by atoms with E-state index >= 15 is 0 Å². The second-order valence-corrected chi connectivity index (χ2v) is 7.96. The first-order chi connectivity index (χ1) is 11.7. The predicted molar refractivity (Wildman–Crippen MR) is 100 cm³/mol. The normalized spacial score (nSPS) is 21.4. The first-order valence-corrected chi connectivity index (χ1v) is 9.82. The number of pyridine rings is 1. The molecule has 1 aliphatic heterocycles. The highest BCUT2D eigenvalue weighted by Gasteiger charge is 2.38. The minimum atomic E-state index is 0.302. The highest BCUT2D eigenvalue weighted by atomic mass is 32.1. The molecule has 3 rings (SSSR count). The van der Waals surface area contributed by atoms with Crippen LogP contribution in [0.15, 0.2) is 35.8 Å². The fourth-order valence-corrected chi connectivity index (χ4v) is 4.35. The van der Waals surface area contributed by atoms with Crippen LogP contribution in [-0.4, -0.2) is 36.2 Å². The Morgan fingerprint density at radius 1 is 1.33 bits per heavy atom. The van der Waals surface area contributed by atoms with Crippen LogP contribution in [0.2, 0.25) is 0 Å². The average molecular weight is 345 g/mol.